The molecule has 0 saturated heterocycles. The summed E-state index contributed by atoms with van der Waals surface area (Å²) in [7, 11) is 3.01. The highest BCUT2D eigenvalue weighted by Gasteiger charge is 2.35. The average molecular weight is 333 g/mol. The fourth-order valence-corrected chi connectivity index (χ4v) is 3.46. The Labute approximate surface area is 141 Å². The van der Waals surface area contributed by atoms with Crippen LogP contribution < -0.4 is 10.1 Å². The van der Waals surface area contributed by atoms with E-state index in [0.29, 0.717) is 29.6 Å². The van der Waals surface area contributed by atoms with E-state index >= 15 is 0 Å². The minimum absolute atomic E-state index is 0.00489. The predicted octanol–water partition coefficient (Wildman–Crippen LogP) is 1.25. The van der Waals surface area contributed by atoms with Gasteiger partial charge in [0.1, 0.15) is 6.61 Å². The largest absolute Gasteiger partial charge is 0.481 e. The van der Waals surface area contributed by atoms with Crippen LogP contribution in [0, 0.1) is 0 Å². The molecule has 1 aliphatic carbocycles. The number of pyridine rings is 1. The van der Waals surface area contributed by atoms with Gasteiger partial charge in [0.25, 0.3) is 5.91 Å². The SMILES string of the molecule is COCC(=O)NCc1cc2c(nc1OC)CN(C1CCCC1)C2=O. The van der Waals surface area contributed by atoms with E-state index in [-0.39, 0.29) is 25.0 Å². The minimum atomic E-state index is -0.223. The molecule has 1 aliphatic heterocycles. The second-order valence-electron chi connectivity index (χ2n) is 6.23. The molecule has 0 aromatic carbocycles. The normalized spacial score (nSPS) is 17.2. The van der Waals surface area contributed by atoms with Crippen LogP contribution in [0.4, 0.5) is 0 Å². The number of nitrogens with zero attached hydrogens (tertiary/aromatic N) is 2. The molecule has 1 fully saturated rings. The molecule has 7 heteroatoms. The molecule has 1 saturated carbocycles. The Hall–Kier alpha value is -2.15. The number of hydrogen-bond donors (Lipinski definition) is 1. The van der Waals surface area contributed by atoms with E-state index in [1.54, 1.807) is 13.2 Å². The highest BCUT2D eigenvalue weighted by atomic mass is 16.5. The summed E-state index contributed by atoms with van der Waals surface area (Å²) in [6.07, 6.45) is 4.49. The van der Waals surface area contributed by atoms with Crippen molar-refractivity contribution in [2.24, 2.45) is 0 Å². The molecule has 7 nitrogen and oxygen atoms in total. The van der Waals surface area contributed by atoms with Crippen molar-refractivity contribution in [2.45, 2.75) is 44.8 Å². The molecule has 0 spiro atoms. The number of methoxy groups -OCH3 is 2. The van der Waals surface area contributed by atoms with Gasteiger partial charge in [0.2, 0.25) is 11.8 Å². The molecule has 2 aliphatic rings. The fourth-order valence-electron chi connectivity index (χ4n) is 3.46. The van der Waals surface area contributed by atoms with E-state index in [2.05, 4.69) is 10.3 Å². The van der Waals surface area contributed by atoms with Gasteiger partial charge in [-0.05, 0) is 18.9 Å². The Bertz CT molecular complexity index is 641. The van der Waals surface area contributed by atoms with Crippen molar-refractivity contribution in [3.8, 4) is 5.88 Å². The summed E-state index contributed by atoms with van der Waals surface area (Å²) in [5.74, 6) is 0.267. The maximum absolute atomic E-state index is 12.7. The van der Waals surface area contributed by atoms with E-state index in [9.17, 15) is 9.59 Å². The highest BCUT2D eigenvalue weighted by Crippen LogP contribution is 2.33. The summed E-state index contributed by atoms with van der Waals surface area (Å²) in [6, 6.07) is 2.12. The number of aromatic nitrogens is 1. The molecule has 0 bridgehead atoms. The third-order valence-corrected chi connectivity index (χ3v) is 4.66. The first-order chi connectivity index (χ1) is 11.6. The molecule has 1 aromatic rings. The van der Waals surface area contributed by atoms with Crippen LogP contribution in [0.3, 0.4) is 0 Å². The lowest BCUT2D eigenvalue weighted by molar-refractivity contribution is -0.124. The average Bonchev–Trinajstić information content (AvgIpc) is 3.20. The van der Waals surface area contributed by atoms with Gasteiger partial charge in [-0.2, -0.15) is 0 Å². The lowest BCUT2D eigenvalue weighted by Gasteiger charge is -2.22. The van der Waals surface area contributed by atoms with Crippen molar-refractivity contribution >= 4 is 11.8 Å². The van der Waals surface area contributed by atoms with E-state index < -0.39 is 0 Å². The molecular formula is C17H23N3O4. The van der Waals surface area contributed by atoms with Crippen molar-refractivity contribution in [1.82, 2.24) is 15.2 Å². The smallest absolute Gasteiger partial charge is 0.256 e. The Balaban J connectivity index is 1.79. The monoisotopic (exact) mass is 333 g/mol. The van der Waals surface area contributed by atoms with E-state index in [1.165, 1.54) is 20.0 Å². The first kappa shape index (κ1) is 16.7. The molecule has 0 radical (unpaired) electrons. The molecule has 2 heterocycles. The van der Waals surface area contributed by atoms with Crippen LogP contribution in [-0.4, -0.2) is 48.6 Å². The summed E-state index contributed by atoms with van der Waals surface area (Å²) < 4.78 is 10.1. The summed E-state index contributed by atoms with van der Waals surface area (Å²) in [6.45, 7) is 0.795. The number of hydrogen-bond acceptors (Lipinski definition) is 5. The maximum atomic E-state index is 12.7. The summed E-state index contributed by atoms with van der Waals surface area (Å²) in [5, 5.41) is 2.74. The molecule has 1 aromatic heterocycles. The molecule has 130 valence electrons. The number of amides is 2. The van der Waals surface area contributed by atoms with E-state index in [4.69, 9.17) is 9.47 Å². The Morgan fingerprint density at radius 1 is 1.38 bits per heavy atom. The van der Waals surface area contributed by atoms with Gasteiger partial charge in [-0.25, -0.2) is 4.98 Å². The number of carbonyl (C=O) groups is 2. The fraction of sp³-hybridized carbons (Fsp3) is 0.588. The molecule has 0 unspecified atom stereocenters. The van der Waals surface area contributed by atoms with Gasteiger partial charge in [-0.15, -0.1) is 0 Å². The molecule has 2 amide bonds. The lowest BCUT2D eigenvalue weighted by atomic mass is 10.1. The number of rotatable bonds is 6. The quantitative estimate of drug-likeness (QED) is 0.847. The van der Waals surface area contributed by atoms with Gasteiger partial charge in [0.15, 0.2) is 0 Å². The van der Waals surface area contributed by atoms with Crippen molar-refractivity contribution in [3.63, 3.8) is 0 Å². The Morgan fingerprint density at radius 3 is 2.79 bits per heavy atom. The van der Waals surface area contributed by atoms with Gasteiger partial charge in [0.05, 0.1) is 24.9 Å². The first-order valence-corrected chi connectivity index (χ1v) is 8.27. The van der Waals surface area contributed by atoms with Gasteiger partial charge >= 0.3 is 0 Å². The van der Waals surface area contributed by atoms with Gasteiger partial charge in [-0.1, -0.05) is 12.8 Å². The number of ether oxygens (including phenoxy) is 2. The van der Waals surface area contributed by atoms with Crippen LogP contribution >= 0.6 is 0 Å². The number of fused-ring (bicyclic) bond motifs is 1. The van der Waals surface area contributed by atoms with E-state index in [1.807, 2.05) is 4.90 Å². The third kappa shape index (κ3) is 3.21. The zero-order valence-corrected chi connectivity index (χ0v) is 14.1. The van der Waals surface area contributed by atoms with Crippen molar-refractivity contribution in [3.05, 3.63) is 22.9 Å². The van der Waals surface area contributed by atoms with Gasteiger partial charge in [0, 0.05) is 25.3 Å². The third-order valence-electron chi connectivity index (χ3n) is 4.66. The zero-order chi connectivity index (χ0) is 17.1. The molecule has 0 atom stereocenters. The standard InChI is InChI=1S/C17H23N3O4/c1-23-10-15(21)18-8-11-7-13-14(19-16(11)24-2)9-20(17(13)22)12-5-3-4-6-12/h7,12H,3-6,8-10H2,1-2H3,(H,18,21). The van der Waals surface area contributed by atoms with Gasteiger partial charge < -0.3 is 19.7 Å². The van der Waals surface area contributed by atoms with Crippen molar-refractivity contribution in [2.75, 3.05) is 20.8 Å². The molecular weight excluding hydrogens is 310 g/mol. The molecule has 3 rings (SSSR count). The molecule has 1 N–H and O–H groups in total. The van der Waals surface area contributed by atoms with Crippen LogP contribution in [0.25, 0.3) is 0 Å². The van der Waals surface area contributed by atoms with Crippen molar-refractivity contribution in [1.29, 1.82) is 0 Å². The minimum Gasteiger partial charge on any atom is -0.481 e. The Morgan fingerprint density at radius 2 is 2.12 bits per heavy atom. The molecule has 24 heavy (non-hydrogen) atoms. The second-order valence-corrected chi connectivity index (χ2v) is 6.23. The van der Waals surface area contributed by atoms with Crippen LogP contribution in [-0.2, 0) is 22.6 Å². The van der Waals surface area contributed by atoms with Crippen LogP contribution in [0.1, 0.15) is 47.3 Å². The van der Waals surface area contributed by atoms with Crippen LogP contribution in [0.5, 0.6) is 5.88 Å². The van der Waals surface area contributed by atoms with Crippen molar-refractivity contribution < 1.29 is 19.1 Å². The summed E-state index contributed by atoms with van der Waals surface area (Å²) in [4.78, 5) is 30.7. The summed E-state index contributed by atoms with van der Waals surface area (Å²) >= 11 is 0. The predicted molar refractivity (Wildman–Crippen MR) is 86.6 cm³/mol. The second kappa shape index (κ2) is 7.17. The Kier molecular flexibility index (Phi) is 4.99. The first-order valence-electron chi connectivity index (χ1n) is 8.27. The lowest BCUT2D eigenvalue weighted by Crippen LogP contribution is -2.33. The number of carbonyl (C=O) groups excluding carboxylic acids is 2. The highest BCUT2D eigenvalue weighted by molar-refractivity contribution is 5.98. The summed E-state index contributed by atoms with van der Waals surface area (Å²) in [5.41, 5.74) is 2.08. The van der Waals surface area contributed by atoms with Crippen LogP contribution in [0.15, 0.2) is 6.07 Å². The van der Waals surface area contributed by atoms with Crippen LogP contribution in [0.2, 0.25) is 0 Å². The number of nitrogens with one attached hydrogen (secondary N) is 1. The topological polar surface area (TPSA) is 80.8 Å². The zero-order valence-electron chi connectivity index (χ0n) is 14.1. The van der Waals surface area contributed by atoms with Gasteiger partial charge in [-0.3, -0.25) is 9.59 Å². The van der Waals surface area contributed by atoms with E-state index in [0.717, 1.165) is 18.5 Å². The maximum Gasteiger partial charge on any atom is 0.256 e.